The number of hydrogen-bond donors (Lipinski definition) is 1. The molecule has 1 heterocycles. The van der Waals surface area contributed by atoms with Crippen molar-refractivity contribution in [1.29, 1.82) is 0 Å². The molecule has 0 bridgehead atoms. The van der Waals surface area contributed by atoms with Gasteiger partial charge in [-0.15, -0.1) is 11.6 Å². The fraction of sp³-hybridized carbons (Fsp3) is 0.312. The van der Waals surface area contributed by atoms with Crippen LogP contribution in [0.4, 0.5) is 0 Å². The molecular weight excluding hydrogens is 304 g/mol. The van der Waals surface area contributed by atoms with E-state index >= 15 is 0 Å². The first-order valence-electron chi connectivity index (χ1n) is 7.13. The number of alkyl halides is 1. The van der Waals surface area contributed by atoms with E-state index in [9.17, 15) is 14.4 Å². The molecule has 0 spiro atoms. The normalized spacial score (nSPS) is 20.1. The van der Waals surface area contributed by atoms with Crippen LogP contribution < -0.4 is 5.32 Å². The standard InChI is InChI=1S/C16H15ClN2O3/c1-2-9-8-19(9)14-13(18-12(20)7-17)15(21)10-5-3-4-6-11(10)16(14)22/h3-6,9H,2,7-8H2,1H3,(H,18,20). The number of benzene rings is 1. The summed E-state index contributed by atoms with van der Waals surface area (Å²) in [5, 5.41) is 2.50. The van der Waals surface area contributed by atoms with E-state index in [1.807, 2.05) is 11.8 Å². The maximum atomic E-state index is 12.7. The summed E-state index contributed by atoms with van der Waals surface area (Å²) < 4.78 is 0. The van der Waals surface area contributed by atoms with Crippen molar-refractivity contribution in [2.75, 3.05) is 12.4 Å². The summed E-state index contributed by atoms with van der Waals surface area (Å²) in [6, 6.07) is 6.89. The Balaban J connectivity index is 2.09. The number of amides is 1. The number of carbonyl (C=O) groups is 3. The third kappa shape index (κ3) is 2.31. The van der Waals surface area contributed by atoms with E-state index in [1.165, 1.54) is 0 Å². The van der Waals surface area contributed by atoms with Gasteiger partial charge in [-0.3, -0.25) is 14.4 Å². The smallest absolute Gasteiger partial charge is 0.239 e. The summed E-state index contributed by atoms with van der Waals surface area (Å²) in [4.78, 5) is 38.9. The van der Waals surface area contributed by atoms with Crippen LogP contribution in [0.3, 0.4) is 0 Å². The van der Waals surface area contributed by atoms with Gasteiger partial charge in [-0.1, -0.05) is 31.2 Å². The third-order valence-corrected chi connectivity index (χ3v) is 4.20. The molecule has 2 aliphatic rings. The molecule has 1 fully saturated rings. The molecular formula is C16H15ClN2O3. The summed E-state index contributed by atoms with van der Waals surface area (Å²) in [6.07, 6.45) is 0.878. The minimum Gasteiger partial charge on any atom is -0.360 e. The van der Waals surface area contributed by atoms with Crippen LogP contribution in [-0.4, -0.2) is 40.8 Å². The first kappa shape index (κ1) is 14.8. The van der Waals surface area contributed by atoms with Crippen LogP contribution in [0.25, 0.3) is 0 Å². The lowest BCUT2D eigenvalue weighted by molar-refractivity contribution is -0.117. The molecule has 0 saturated carbocycles. The second-order valence-corrected chi connectivity index (χ2v) is 5.59. The van der Waals surface area contributed by atoms with Gasteiger partial charge in [-0.05, 0) is 6.42 Å². The van der Waals surface area contributed by atoms with Gasteiger partial charge in [0, 0.05) is 23.7 Å². The predicted molar refractivity (Wildman–Crippen MR) is 81.8 cm³/mol. The highest BCUT2D eigenvalue weighted by molar-refractivity contribution is 6.30. The molecule has 1 N–H and O–H groups in total. The number of nitrogens with one attached hydrogen (secondary N) is 1. The fourth-order valence-corrected chi connectivity index (χ4v) is 2.80. The number of halogens is 1. The molecule has 1 aliphatic carbocycles. The van der Waals surface area contributed by atoms with Gasteiger partial charge < -0.3 is 10.2 Å². The van der Waals surface area contributed by atoms with Gasteiger partial charge in [-0.2, -0.15) is 0 Å². The molecule has 1 atom stereocenters. The number of carbonyl (C=O) groups excluding carboxylic acids is 3. The molecule has 6 heteroatoms. The number of fused-ring (bicyclic) bond motifs is 1. The van der Waals surface area contributed by atoms with Gasteiger partial charge in [0.15, 0.2) is 0 Å². The number of Topliss-reactive ketones (excluding diaryl/α,β-unsaturated/α-hetero) is 2. The fourth-order valence-electron chi connectivity index (χ4n) is 2.73. The highest BCUT2D eigenvalue weighted by Gasteiger charge is 2.43. The number of ketones is 2. The SMILES string of the molecule is CCC1CN1C1=C(NC(=O)CCl)C(=O)c2ccccc2C1=O. The summed E-state index contributed by atoms with van der Waals surface area (Å²) in [7, 11) is 0. The average Bonchev–Trinajstić information content (AvgIpc) is 3.31. The number of allylic oxidation sites excluding steroid dienone is 2. The van der Waals surface area contributed by atoms with Gasteiger partial charge in [-0.25, -0.2) is 0 Å². The van der Waals surface area contributed by atoms with Gasteiger partial charge in [0.05, 0.1) is 0 Å². The zero-order valence-electron chi connectivity index (χ0n) is 12.1. The Morgan fingerprint density at radius 3 is 2.45 bits per heavy atom. The van der Waals surface area contributed by atoms with E-state index in [1.54, 1.807) is 24.3 Å². The van der Waals surface area contributed by atoms with Gasteiger partial charge in [0.2, 0.25) is 17.5 Å². The second-order valence-electron chi connectivity index (χ2n) is 5.32. The molecule has 5 nitrogen and oxygen atoms in total. The summed E-state index contributed by atoms with van der Waals surface area (Å²) >= 11 is 5.51. The second kappa shape index (κ2) is 5.57. The summed E-state index contributed by atoms with van der Waals surface area (Å²) in [6.45, 7) is 2.73. The van der Waals surface area contributed by atoms with Crippen LogP contribution in [0.15, 0.2) is 35.7 Å². The van der Waals surface area contributed by atoms with E-state index in [0.29, 0.717) is 17.7 Å². The quantitative estimate of drug-likeness (QED) is 0.678. The van der Waals surface area contributed by atoms with E-state index in [-0.39, 0.29) is 34.9 Å². The Hall–Kier alpha value is -2.14. The maximum absolute atomic E-state index is 12.7. The van der Waals surface area contributed by atoms with Crippen molar-refractivity contribution in [3.63, 3.8) is 0 Å². The van der Waals surface area contributed by atoms with Crippen LogP contribution in [0.5, 0.6) is 0 Å². The number of hydrogen-bond acceptors (Lipinski definition) is 4. The van der Waals surface area contributed by atoms with E-state index < -0.39 is 5.91 Å². The van der Waals surface area contributed by atoms with Gasteiger partial charge in [0.1, 0.15) is 17.3 Å². The average molecular weight is 319 g/mol. The van der Waals surface area contributed by atoms with Crippen LogP contribution in [0.2, 0.25) is 0 Å². The minimum absolute atomic E-state index is 0.0466. The van der Waals surface area contributed by atoms with E-state index in [4.69, 9.17) is 11.6 Å². The molecule has 22 heavy (non-hydrogen) atoms. The molecule has 114 valence electrons. The lowest BCUT2D eigenvalue weighted by Crippen LogP contribution is -2.36. The molecule has 3 rings (SSSR count). The lowest BCUT2D eigenvalue weighted by Gasteiger charge is -2.22. The molecule has 1 saturated heterocycles. The number of nitrogens with zero attached hydrogens (tertiary/aromatic N) is 1. The van der Waals surface area contributed by atoms with Crippen molar-refractivity contribution in [3.8, 4) is 0 Å². The van der Waals surface area contributed by atoms with Crippen molar-refractivity contribution in [1.82, 2.24) is 10.2 Å². The van der Waals surface area contributed by atoms with Crippen LogP contribution >= 0.6 is 11.6 Å². The molecule has 1 unspecified atom stereocenters. The Bertz CT molecular complexity index is 711. The van der Waals surface area contributed by atoms with Crippen LogP contribution in [-0.2, 0) is 4.79 Å². The van der Waals surface area contributed by atoms with Crippen molar-refractivity contribution in [2.45, 2.75) is 19.4 Å². The van der Waals surface area contributed by atoms with Crippen molar-refractivity contribution in [3.05, 3.63) is 46.8 Å². The Morgan fingerprint density at radius 2 is 1.91 bits per heavy atom. The van der Waals surface area contributed by atoms with E-state index in [2.05, 4.69) is 5.32 Å². The Labute approximate surface area is 132 Å². The highest BCUT2D eigenvalue weighted by atomic mass is 35.5. The molecule has 1 aromatic rings. The molecule has 0 aromatic heterocycles. The van der Waals surface area contributed by atoms with E-state index in [0.717, 1.165) is 6.42 Å². The van der Waals surface area contributed by atoms with Crippen molar-refractivity contribution in [2.24, 2.45) is 0 Å². The minimum atomic E-state index is -0.496. The maximum Gasteiger partial charge on any atom is 0.239 e. The lowest BCUT2D eigenvalue weighted by atomic mass is 9.90. The largest absolute Gasteiger partial charge is 0.360 e. The van der Waals surface area contributed by atoms with Gasteiger partial charge in [0.25, 0.3) is 0 Å². The van der Waals surface area contributed by atoms with Gasteiger partial charge >= 0.3 is 0 Å². The topological polar surface area (TPSA) is 66.2 Å². The van der Waals surface area contributed by atoms with Crippen LogP contribution in [0.1, 0.15) is 34.1 Å². The molecule has 1 aliphatic heterocycles. The van der Waals surface area contributed by atoms with Crippen molar-refractivity contribution < 1.29 is 14.4 Å². The predicted octanol–water partition coefficient (Wildman–Crippen LogP) is 1.73. The molecule has 1 aromatic carbocycles. The molecule has 1 amide bonds. The first-order valence-corrected chi connectivity index (χ1v) is 7.67. The highest BCUT2D eigenvalue weighted by Crippen LogP contribution is 2.34. The van der Waals surface area contributed by atoms with Crippen LogP contribution in [0, 0.1) is 0 Å². The number of rotatable bonds is 4. The monoisotopic (exact) mass is 318 g/mol. The summed E-state index contributed by atoms with van der Waals surface area (Å²) in [5.41, 5.74) is 1.03. The Kier molecular flexibility index (Phi) is 3.74. The zero-order chi connectivity index (χ0) is 15.9. The zero-order valence-corrected chi connectivity index (χ0v) is 12.8. The summed E-state index contributed by atoms with van der Waals surface area (Å²) in [5.74, 6) is -1.33. The Morgan fingerprint density at radius 1 is 1.27 bits per heavy atom. The van der Waals surface area contributed by atoms with Crippen molar-refractivity contribution >= 4 is 29.1 Å². The first-order chi connectivity index (χ1) is 10.6. The third-order valence-electron chi connectivity index (χ3n) is 3.95. The molecule has 0 radical (unpaired) electrons.